The summed E-state index contributed by atoms with van der Waals surface area (Å²) in [5, 5.41) is 12.2. The lowest BCUT2D eigenvalue weighted by Crippen LogP contribution is -2.30. The van der Waals surface area contributed by atoms with Crippen molar-refractivity contribution in [1.82, 2.24) is 5.32 Å². The zero-order chi connectivity index (χ0) is 14.7. The lowest BCUT2D eigenvalue weighted by Gasteiger charge is -2.10. The van der Waals surface area contributed by atoms with E-state index < -0.39 is 5.97 Å². The Bertz CT molecular complexity index is 518. The van der Waals surface area contributed by atoms with E-state index in [-0.39, 0.29) is 30.1 Å². The van der Waals surface area contributed by atoms with Crippen LogP contribution in [-0.4, -0.2) is 23.5 Å². The van der Waals surface area contributed by atoms with Crippen molar-refractivity contribution in [2.75, 3.05) is 6.54 Å². The average Bonchev–Trinajstić information content (AvgIpc) is 3.16. The summed E-state index contributed by atoms with van der Waals surface area (Å²) in [6, 6.07) is 7.58. The normalized spacial score (nSPS) is 22.1. The van der Waals surface area contributed by atoms with Crippen molar-refractivity contribution < 1.29 is 14.7 Å². The topological polar surface area (TPSA) is 66.4 Å². The third-order valence-electron chi connectivity index (χ3n) is 3.58. The van der Waals surface area contributed by atoms with Crippen LogP contribution in [0.25, 0.3) is 0 Å². The van der Waals surface area contributed by atoms with Crippen LogP contribution in [0.1, 0.15) is 31.2 Å². The van der Waals surface area contributed by atoms with Crippen LogP contribution in [0.15, 0.2) is 24.3 Å². The van der Waals surface area contributed by atoms with Crippen molar-refractivity contribution in [3.63, 3.8) is 0 Å². The molecule has 0 saturated heterocycles. The number of nitrogens with one attached hydrogen (secondary N) is 1. The monoisotopic (exact) mass is 295 g/mol. The number of carbonyl (C=O) groups excluding carboxylic acids is 1. The molecule has 1 aromatic rings. The molecule has 2 rings (SSSR count). The maximum absolute atomic E-state index is 12.0. The van der Waals surface area contributed by atoms with Crippen LogP contribution < -0.4 is 5.32 Å². The number of amides is 1. The molecule has 1 aromatic carbocycles. The van der Waals surface area contributed by atoms with Gasteiger partial charge in [-0.25, -0.2) is 0 Å². The smallest absolute Gasteiger partial charge is 0.303 e. The van der Waals surface area contributed by atoms with Gasteiger partial charge in [-0.15, -0.1) is 0 Å². The Morgan fingerprint density at radius 2 is 2.15 bits per heavy atom. The zero-order valence-corrected chi connectivity index (χ0v) is 12.1. The highest BCUT2D eigenvalue weighted by molar-refractivity contribution is 6.31. The maximum atomic E-state index is 12.0. The molecule has 108 valence electrons. The highest BCUT2D eigenvalue weighted by Gasteiger charge is 2.44. The van der Waals surface area contributed by atoms with Crippen LogP contribution in [0.3, 0.4) is 0 Å². The first kappa shape index (κ1) is 14.9. The summed E-state index contributed by atoms with van der Waals surface area (Å²) in [7, 11) is 0. The molecular formula is C15H18ClNO3. The minimum absolute atomic E-state index is 0.00726. The van der Waals surface area contributed by atoms with Gasteiger partial charge in [0, 0.05) is 23.9 Å². The third-order valence-corrected chi connectivity index (χ3v) is 3.92. The molecule has 20 heavy (non-hydrogen) atoms. The second-order valence-electron chi connectivity index (χ2n) is 5.42. The van der Waals surface area contributed by atoms with Gasteiger partial charge in [0.15, 0.2) is 0 Å². The fourth-order valence-corrected chi connectivity index (χ4v) is 2.66. The van der Waals surface area contributed by atoms with Crippen molar-refractivity contribution in [2.24, 2.45) is 11.8 Å². The van der Waals surface area contributed by atoms with E-state index in [0.717, 1.165) is 12.0 Å². The quantitative estimate of drug-likeness (QED) is 0.848. The number of halogens is 1. The van der Waals surface area contributed by atoms with Gasteiger partial charge >= 0.3 is 5.97 Å². The van der Waals surface area contributed by atoms with E-state index in [0.29, 0.717) is 11.6 Å². The van der Waals surface area contributed by atoms with Crippen LogP contribution in [0.2, 0.25) is 5.02 Å². The second kappa shape index (κ2) is 6.27. The molecule has 2 N–H and O–H groups in total. The summed E-state index contributed by atoms with van der Waals surface area (Å²) in [6.45, 7) is 2.21. The number of carbonyl (C=O) groups is 2. The molecule has 1 aliphatic rings. The predicted octanol–water partition coefficient (Wildman–Crippen LogP) is 2.67. The number of rotatable bonds is 6. The van der Waals surface area contributed by atoms with Crippen molar-refractivity contribution in [3.8, 4) is 0 Å². The summed E-state index contributed by atoms with van der Waals surface area (Å²) < 4.78 is 0. The van der Waals surface area contributed by atoms with Crippen LogP contribution in [-0.2, 0) is 9.59 Å². The number of aliphatic carboxylic acids is 1. The summed E-state index contributed by atoms with van der Waals surface area (Å²) in [5.41, 5.74) is 1.02. The molecule has 5 heteroatoms. The summed E-state index contributed by atoms with van der Waals surface area (Å²) in [5.74, 6) is -0.751. The summed E-state index contributed by atoms with van der Waals surface area (Å²) in [4.78, 5) is 22.5. The first-order chi connectivity index (χ1) is 9.49. The first-order valence-electron chi connectivity index (χ1n) is 6.73. The lowest BCUT2D eigenvalue weighted by atomic mass is 10.1. The third kappa shape index (κ3) is 3.73. The fourth-order valence-electron chi connectivity index (χ4n) is 2.38. The molecule has 3 atom stereocenters. The van der Waals surface area contributed by atoms with Crippen molar-refractivity contribution >= 4 is 23.5 Å². The van der Waals surface area contributed by atoms with Crippen molar-refractivity contribution in [3.05, 3.63) is 34.9 Å². The Labute approximate surface area is 123 Å². The highest BCUT2D eigenvalue weighted by atomic mass is 35.5. The van der Waals surface area contributed by atoms with E-state index in [2.05, 4.69) is 5.32 Å². The van der Waals surface area contributed by atoms with Crippen LogP contribution in [0.4, 0.5) is 0 Å². The van der Waals surface area contributed by atoms with Gasteiger partial charge in [0.05, 0.1) is 0 Å². The van der Waals surface area contributed by atoms with Gasteiger partial charge < -0.3 is 10.4 Å². The molecule has 1 saturated carbocycles. The Balaban J connectivity index is 1.82. The van der Waals surface area contributed by atoms with Crippen molar-refractivity contribution in [2.45, 2.75) is 25.7 Å². The zero-order valence-electron chi connectivity index (χ0n) is 11.3. The van der Waals surface area contributed by atoms with Crippen LogP contribution >= 0.6 is 11.6 Å². The molecule has 1 fully saturated rings. The van der Waals surface area contributed by atoms with Crippen molar-refractivity contribution in [1.29, 1.82) is 0 Å². The molecular weight excluding hydrogens is 278 g/mol. The van der Waals surface area contributed by atoms with Crippen LogP contribution in [0, 0.1) is 11.8 Å². The Hall–Kier alpha value is -1.55. The SMILES string of the molecule is CC(CNC(=O)C1CC1c1ccccc1Cl)CC(=O)O. The molecule has 0 bridgehead atoms. The Morgan fingerprint density at radius 3 is 2.80 bits per heavy atom. The Kier molecular flexibility index (Phi) is 4.65. The standard InChI is InChI=1S/C15H18ClNO3/c1-9(6-14(18)19)8-17-15(20)12-7-11(12)10-4-2-3-5-13(10)16/h2-5,9,11-12H,6-8H2,1H3,(H,17,20)(H,18,19). The molecule has 0 aliphatic heterocycles. The van der Waals surface area contributed by atoms with E-state index in [1.165, 1.54) is 0 Å². The van der Waals surface area contributed by atoms with Gasteiger partial charge in [0.25, 0.3) is 0 Å². The Morgan fingerprint density at radius 1 is 1.45 bits per heavy atom. The van der Waals surface area contributed by atoms with E-state index in [1.807, 2.05) is 31.2 Å². The summed E-state index contributed by atoms with van der Waals surface area (Å²) in [6.07, 6.45) is 0.877. The van der Waals surface area contributed by atoms with Gasteiger partial charge in [0.2, 0.25) is 5.91 Å². The van der Waals surface area contributed by atoms with Gasteiger partial charge in [-0.2, -0.15) is 0 Å². The van der Waals surface area contributed by atoms with E-state index in [1.54, 1.807) is 0 Å². The number of carboxylic acid groups (broad SMARTS) is 1. The molecule has 3 unspecified atom stereocenters. The molecule has 0 radical (unpaired) electrons. The minimum Gasteiger partial charge on any atom is -0.481 e. The summed E-state index contributed by atoms with van der Waals surface area (Å²) >= 11 is 6.12. The predicted molar refractivity (Wildman–Crippen MR) is 76.7 cm³/mol. The molecule has 0 spiro atoms. The largest absolute Gasteiger partial charge is 0.481 e. The van der Waals surface area contributed by atoms with Gasteiger partial charge in [-0.3, -0.25) is 9.59 Å². The van der Waals surface area contributed by atoms with Gasteiger partial charge in [-0.05, 0) is 29.9 Å². The second-order valence-corrected chi connectivity index (χ2v) is 5.83. The number of hydrogen-bond acceptors (Lipinski definition) is 2. The minimum atomic E-state index is -0.841. The number of carboxylic acids is 1. The van der Waals surface area contributed by atoms with E-state index in [9.17, 15) is 9.59 Å². The molecule has 0 heterocycles. The van der Waals surface area contributed by atoms with E-state index in [4.69, 9.17) is 16.7 Å². The van der Waals surface area contributed by atoms with Crippen LogP contribution in [0.5, 0.6) is 0 Å². The van der Waals surface area contributed by atoms with Gasteiger partial charge in [0.1, 0.15) is 0 Å². The maximum Gasteiger partial charge on any atom is 0.303 e. The fraction of sp³-hybridized carbons (Fsp3) is 0.467. The molecule has 1 aliphatic carbocycles. The molecule has 0 aromatic heterocycles. The number of hydrogen-bond donors (Lipinski definition) is 2. The van der Waals surface area contributed by atoms with Gasteiger partial charge in [-0.1, -0.05) is 36.7 Å². The first-order valence-corrected chi connectivity index (χ1v) is 7.10. The number of benzene rings is 1. The lowest BCUT2D eigenvalue weighted by molar-refractivity contribution is -0.138. The molecule has 4 nitrogen and oxygen atoms in total. The highest BCUT2D eigenvalue weighted by Crippen LogP contribution is 2.49. The molecule has 1 amide bonds. The van der Waals surface area contributed by atoms with E-state index >= 15 is 0 Å². The average molecular weight is 296 g/mol.